The molecule has 3 heterocycles. The Kier molecular flexibility index (Phi) is 5.06. The van der Waals surface area contributed by atoms with Crippen molar-refractivity contribution in [1.29, 1.82) is 0 Å². The number of nitrogens with zero attached hydrogens (tertiary/aromatic N) is 6. The molecule has 0 saturated carbocycles. The van der Waals surface area contributed by atoms with Crippen molar-refractivity contribution < 1.29 is 14.3 Å². The van der Waals surface area contributed by atoms with Crippen LogP contribution in [0.25, 0.3) is 28.2 Å². The third kappa shape index (κ3) is 4.03. The molecule has 3 aromatic heterocycles. The molecule has 33 heavy (non-hydrogen) atoms. The Morgan fingerprint density at radius 1 is 1.00 bits per heavy atom. The molecule has 2 aromatic carbocycles. The molecule has 0 bridgehead atoms. The number of imidazole rings is 1. The fraction of sp³-hybridized carbons (Fsp3) is 0.0833. The summed E-state index contributed by atoms with van der Waals surface area (Å²) in [5, 5.41) is 18.9. The molecule has 1 amide bonds. The Hall–Kier alpha value is -4.53. The fourth-order valence-corrected chi connectivity index (χ4v) is 3.65. The van der Waals surface area contributed by atoms with Crippen LogP contribution >= 0.6 is 0 Å². The number of aryl methyl sites for hydroxylation is 1. The number of fused-ring (bicyclic) bond motifs is 1. The second-order valence-electron chi connectivity index (χ2n) is 7.55. The largest absolute Gasteiger partial charge is 0.465 e. The number of hydrogen-bond acceptors (Lipinski definition) is 4. The van der Waals surface area contributed by atoms with Crippen LogP contribution < -0.4 is 4.90 Å². The van der Waals surface area contributed by atoms with Gasteiger partial charge < -0.3 is 5.11 Å². The van der Waals surface area contributed by atoms with Gasteiger partial charge in [0.05, 0.1) is 18.4 Å². The van der Waals surface area contributed by atoms with Crippen molar-refractivity contribution in [3.8, 4) is 22.5 Å². The number of halogens is 1. The summed E-state index contributed by atoms with van der Waals surface area (Å²) in [5.41, 5.74) is 4.19. The Bertz CT molecular complexity index is 1440. The summed E-state index contributed by atoms with van der Waals surface area (Å²) in [5.74, 6) is -0.0406. The highest BCUT2D eigenvalue weighted by atomic mass is 19.1. The van der Waals surface area contributed by atoms with Crippen LogP contribution in [-0.4, -0.2) is 35.6 Å². The van der Waals surface area contributed by atoms with E-state index in [1.54, 1.807) is 46.7 Å². The van der Waals surface area contributed by atoms with Crippen molar-refractivity contribution in [3.05, 3.63) is 90.5 Å². The van der Waals surface area contributed by atoms with E-state index in [1.165, 1.54) is 17.0 Å². The van der Waals surface area contributed by atoms with Gasteiger partial charge in [-0.3, -0.25) is 9.58 Å². The van der Waals surface area contributed by atoms with Gasteiger partial charge >= 0.3 is 6.09 Å². The van der Waals surface area contributed by atoms with Crippen LogP contribution in [0, 0.1) is 5.82 Å². The fourth-order valence-electron chi connectivity index (χ4n) is 3.65. The summed E-state index contributed by atoms with van der Waals surface area (Å²) in [6.07, 6.45) is 2.32. The molecule has 0 atom stereocenters. The number of carbonyl (C=O) groups is 1. The molecule has 164 valence electrons. The molecule has 5 aromatic rings. The van der Waals surface area contributed by atoms with Crippen LogP contribution in [0.4, 0.5) is 15.0 Å². The van der Waals surface area contributed by atoms with Crippen LogP contribution in [-0.2, 0) is 13.6 Å². The predicted octanol–water partition coefficient (Wildman–Crippen LogP) is 4.62. The van der Waals surface area contributed by atoms with E-state index in [0.29, 0.717) is 17.0 Å². The predicted molar refractivity (Wildman–Crippen MR) is 121 cm³/mol. The van der Waals surface area contributed by atoms with Crippen LogP contribution in [0.3, 0.4) is 0 Å². The molecule has 0 aliphatic carbocycles. The number of rotatable bonds is 5. The van der Waals surface area contributed by atoms with Crippen molar-refractivity contribution in [2.45, 2.75) is 6.54 Å². The van der Waals surface area contributed by atoms with Gasteiger partial charge in [0.1, 0.15) is 11.5 Å². The third-order valence-corrected chi connectivity index (χ3v) is 5.22. The summed E-state index contributed by atoms with van der Waals surface area (Å²) < 4.78 is 16.6. The van der Waals surface area contributed by atoms with Crippen molar-refractivity contribution in [1.82, 2.24) is 24.4 Å². The van der Waals surface area contributed by atoms with E-state index in [9.17, 15) is 14.3 Å². The summed E-state index contributed by atoms with van der Waals surface area (Å²) in [6.45, 7) is 0.171. The van der Waals surface area contributed by atoms with E-state index >= 15 is 0 Å². The number of carboxylic acid groups (broad SMARTS) is 1. The molecule has 0 aliphatic heterocycles. The molecular weight excluding hydrogens is 423 g/mol. The smallest absolute Gasteiger partial charge is 0.413 e. The van der Waals surface area contributed by atoms with Gasteiger partial charge in [-0.1, -0.05) is 30.3 Å². The lowest BCUT2D eigenvalue weighted by molar-refractivity contribution is 0.201. The Balaban J connectivity index is 1.53. The second kappa shape index (κ2) is 8.19. The molecule has 0 fully saturated rings. The lowest BCUT2D eigenvalue weighted by Gasteiger charge is -2.16. The zero-order valence-corrected chi connectivity index (χ0v) is 17.6. The van der Waals surface area contributed by atoms with Gasteiger partial charge in [-0.2, -0.15) is 10.2 Å². The molecule has 0 radical (unpaired) electrons. The van der Waals surface area contributed by atoms with Crippen LogP contribution in [0.1, 0.15) is 5.56 Å². The third-order valence-electron chi connectivity index (χ3n) is 5.22. The topological polar surface area (TPSA) is 88.5 Å². The highest BCUT2D eigenvalue weighted by Gasteiger charge is 2.20. The lowest BCUT2D eigenvalue weighted by Crippen LogP contribution is -2.28. The van der Waals surface area contributed by atoms with Crippen molar-refractivity contribution in [3.63, 3.8) is 0 Å². The van der Waals surface area contributed by atoms with Crippen molar-refractivity contribution in [2.75, 3.05) is 4.90 Å². The zero-order chi connectivity index (χ0) is 22.9. The minimum Gasteiger partial charge on any atom is -0.465 e. The maximum absolute atomic E-state index is 13.4. The van der Waals surface area contributed by atoms with E-state index in [-0.39, 0.29) is 18.2 Å². The van der Waals surface area contributed by atoms with Gasteiger partial charge in [0, 0.05) is 24.4 Å². The monoisotopic (exact) mass is 442 g/mol. The molecule has 0 unspecified atom stereocenters. The normalized spacial score (nSPS) is 11.1. The highest BCUT2D eigenvalue weighted by molar-refractivity contribution is 5.85. The first kappa shape index (κ1) is 20.4. The maximum atomic E-state index is 13.4. The van der Waals surface area contributed by atoms with Crippen LogP contribution in [0.15, 0.2) is 79.1 Å². The zero-order valence-electron chi connectivity index (χ0n) is 17.6. The van der Waals surface area contributed by atoms with Crippen LogP contribution in [0.5, 0.6) is 0 Å². The molecule has 8 nitrogen and oxygen atoms in total. The molecule has 0 aliphatic rings. The first-order chi connectivity index (χ1) is 16.0. The maximum Gasteiger partial charge on any atom is 0.413 e. The van der Waals surface area contributed by atoms with E-state index in [4.69, 9.17) is 0 Å². The van der Waals surface area contributed by atoms with Crippen molar-refractivity contribution >= 4 is 17.6 Å². The molecule has 1 N–H and O–H groups in total. The molecular formula is C24H19FN6O2. The molecule has 0 spiro atoms. The van der Waals surface area contributed by atoms with Gasteiger partial charge in [0.2, 0.25) is 0 Å². The number of anilines is 1. The van der Waals surface area contributed by atoms with Crippen LogP contribution in [0.2, 0.25) is 0 Å². The van der Waals surface area contributed by atoms with E-state index in [2.05, 4.69) is 15.2 Å². The first-order valence-corrected chi connectivity index (χ1v) is 10.2. The Morgan fingerprint density at radius 3 is 2.48 bits per heavy atom. The van der Waals surface area contributed by atoms with E-state index < -0.39 is 6.09 Å². The second-order valence-corrected chi connectivity index (χ2v) is 7.55. The SMILES string of the molecule is Cn1cc(-c2ccc3nc(N(Cc4ccccc4)C(=O)O)cn3n2)c(-c2ccc(F)cc2)n1. The van der Waals surface area contributed by atoms with E-state index in [1.807, 2.05) is 36.5 Å². The van der Waals surface area contributed by atoms with Gasteiger partial charge in [-0.05, 0) is 42.0 Å². The lowest BCUT2D eigenvalue weighted by atomic mass is 10.1. The van der Waals surface area contributed by atoms with Gasteiger partial charge in [0.25, 0.3) is 0 Å². The number of amides is 1. The summed E-state index contributed by atoms with van der Waals surface area (Å²) in [4.78, 5) is 17.5. The summed E-state index contributed by atoms with van der Waals surface area (Å²) in [6, 6.07) is 19.0. The standard InChI is InChI=1S/C24H19FN6O2/c1-29-14-19(23(28-29)17-7-9-18(25)10-8-17)20-11-12-21-26-22(15-31(21)27-20)30(24(32)33)13-16-5-3-2-4-6-16/h2-12,14-15H,13H2,1H3,(H,32,33). The highest BCUT2D eigenvalue weighted by Crippen LogP contribution is 2.30. The van der Waals surface area contributed by atoms with Gasteiger partial charge in [0.15, 0.2) is 11.5 Å². The number of benzene rings is 2. The minimum atomic E-state index is -1.10. The number of hydrogen-bond donors (Lipinski definition) is 1. The summed E-state index contributed by atoms with van der Waals surface area (Å²) in [7, 11) is 1.80. The average molecular weight is 442 g/mol. The van der Waals surface area contributed by atoms with Crippen molar-refractivity contribution in [2.24, 2.45) is 7.05 Å². The molecule has 5 rings (SSSR count). The van der Waals surface area contributed by atoms with Gasteiger partial charge in [-0.15, -0.1) is 0 Å². The average Bonchev–Trinajstić information content (AvgIpc) is 3.41. The Labute approximate surface area is 188 Å². The molecule has 0 saturated heterocycles. The number of aromatic nitrogens is 5. The van der Waals surface area contributed by atoms with E-state index in [0.717, 1.165) is 16.7 Å². The first-order valence-electron chi connectivity index (χ1n) is 10.2. The minimum absolute atomic E-state index is 0.171. The quantitative estimate of drug-likeness (QED) is 0.429. The van der Waals surface area contributed by atoms with Gasteiger partial charge in [-0.25, -0.2) is 18.7 Å². The summed E-state index contributed by atoms with van der Waals surface area (Å²) >= 11 is 0. The Morgan fingerprint density at radius 2 is 1.76 bits per heavy atom. The molecule has 9 heteroatoms.